The fourth-order valence-electron chi connectivity index (χ4n) is 2.25. The Kier molecular flexibility index (Phi) is 4.78. The third-order valence-corrected chi connectivity index (χ3v) is 4.63. The van der Waals surface area contributed by atoms with Gasteiger partial charge in [0.15, 0.2) is 0 Å². The van der Waals surface area contributed by atoms with E-state index >= 15 is 0 Å². The van der Waals surface area contributed by atoms with Crippen LogP contribution in [0.25, 0.3) is 0 Å². The first-order valence-corrected chi connectivity index (χ1v) is 7.84. The molecule has 1 heterocycles. The first kappa shape index (κ1) is 14.3. The predicted molar refractivity (Wildman–Crippen MR) is 84.7 cm³/mol. The molecular weight excluding hydrogens is 250 g/mol. The second kappa shape index (κ2) is 6.36. The van der Waals surface area contributed by atoms with Crippen LogP contribution in [0, 0.1) is 5.92 Å². The third kappa shape index (κ3) is 3.68. The molecule has 1 nitrogen and oxygen atoms in total. The number of aryl methyl sites for hydroxylation is 1. The van der Waals surface area contributed by atoms with Gasteiger partial charge in [0.1, 0.15) is 0 Å². The van der Waals surface area contributed by atoms with Crippen molar-refractivity contribution in [3.63, 3.8) is 0 Å². The summed E-state index contributed by atoms with van der Waals surface area (Å²) in [7, 11) is 0. The van der Waals surface area contributed by atoms with E-state index in [0.717, 1.165) is 12.8 Å². The lowest BCUT2D eigenvalue weighted by Gasteiger charge is -2.11. The second-order valence-electron chi connectivity index (χ2n) is 5.47. The van der Waals surface area contributed by atoms with Crippen molar-refractivity contribution in [2.45, 2.75) is 39.7 Å². The summed E-state index contributed by atoms with van der Waals surface area (Å²) >= 11 is 1.83. The molecule has 2 N–H and O–H groups in total. The molecule has 0 bridgehead atoms. The van der Waals surface area contributed by atoms with Crippen LogP contribution in [0.15, 0.2) is 36.4 Å². The van der Waals surface area contributed by atoms with Crippen molar-refractivity contribution in [2.24, 2.45) is 11.7 Å². The zero-order valence-electron chi connectivity index (χ0n) is 12.0. The highest BCUT2D eigenvalue weighted by Crippen LogP contribution is 2.27. The predicted octanol–water partition coefficient (Wildman–Crippen LogP) is 4.56. The molecule has 1 atom stereocenters. The molecule has 0 fully saturated rings. The Labute approximate surface area is 120 Å². The Morgan fingerprint density at radius 1 is 1.05 bits per heavy atom. The lowest BCUT2D eigenvalue weighted by atomic mass is 9.99. The summed E-state index contributed by atoms with van der Waals surface area (Å²) in [4.78, 5) is 2.66. The Morgan fingerprint density at radius 3 is 2.26 bits per heavy atom. The molecule has 2 heteroatoms. The Balaban J connectivity index is 2.12. The van der Waals surface area contributed by atoms with Crippen LogP contribution in [0.2, 0.25) is 0 Å². The number of hydrogen-bond acceptors (Lipinski definition) is 2. The average Bonchev–Trinajstić information content (AvgIpc) is 2.87. The highest BCUT2D eigenvalue weighted by Gasteiger charge is 2.11. The van der Waals surface area contributed by atoms with Gasteiger partial charge in [-0.15, -0.1) is 11.3 Å². The SMILES string of the molecule is CCc1ccc(C(N)c2ccc(CC(C)C)cc2)s1. The standard InChI is InChI=1S/C17H23NS/c1-4-15-9-10-16(19-15)17(18)14-7-5-13(6-8-14)11-12(2)3/h5-10,12,17H,4,11,18H2,1-3H3. The van der Waals surface area contributed by atoms with Crippen LogP contribution in [-0.4, -0.2) is 0 Å². The summed E-state index contributed by atoms with van der Waals surface area (Å²) in [5, 5.41) is 0. The number of nitrogens with two attached hydrogens (primary N) is 1. The van der Waals surface area contributed by atoms with Crippen molar-refractivity contribution in [3.8, 4) is 0 Å². The van der Waals surface area contributed by atoms with E-state index in [4.69, 9.17) is 5.73 Å². The quantitative estimate of drug-likeness (QED) is 0.849. The maximum Gasteiger partial charge on any atom is 0.0646 e. The monoisotopic (exact) mass is 273 g/mol. The van der Waals surface area contributed by atoms with Crippen LogP contribution in [0.4, 0.5) is 0 Å². The van der Waals surface area contributed by atoms with E-state index in [-0.39, 0.29) is 6.04 Å². The minimum atomic E-state index is 0.0124. The van der Waals surface area contributed by atoms with Crippen LogP contribution < -0.4 is 5.73 Å². The van der Waals surface area contributed by atoms with Crippen LogP contribution >= 0.6 is 11.3 Å². The molecule has 1 aromatic carbocycles. The maximum absolute atomic E-state index is 6.35. The van der Waals surface area contributed by atoms with E-state index in [9.17, 15) is 0 Å². The zero-order valence-corrected chi connectivity index (χ0v) is 12.8. The van der Waals surface area contributed by atoms with E-state index in [1.165, 1.54) is 20.9 Å². The normalized spacial score (nSPS) is 12.9. The summed E-state index contributed by atoms with van der Waals surface area (Å²) < 4.78 is 0. The summed E-state index contributed by atoms with van der Waals surface area (Å²) in [6, 6.07) is 13.1. The summed E-state index contributed by atoms with van der Waals surface area (Å²) in [6.07, 6.45) is 2.22. The fraction of sp³-hybridized carbons (Fsp3) is 0.412. The Hall–Kier alpha value is -1.12. The zero-order chi connectivity index (χ0) is 13.8. The van der Waals surface area contributed by atoms with Gasteiger partial charge in [0.25, 0.3) is 0 Å². The molecule has 0 radical (unpaired) electrons. The molecule has 0 aliphatic heterocycles. The molecule has 0 aliphatic rings. The second-order valence-corrected chi connectivity index (χ2v) is 6.67. The van der Waals surface area contributed by atoms with Crippen molar-refractivity contribution in [1.82, 2.24) is 0 Å². The van der Waals surface area contributed by atoms with Gasteiger partial charge in [-0.25, -0.2) is 0 Å². The van der Waals surface area contributed by atoms with E-state index in [2.05, 4.69) is 57.2 Å². The lowest BCUT2D eigenvalue weighted by molar-refractivity contribution is 0.647. The van der Waals surface area contributed by atoms with Gasteiger partial charge in [0, 0.05) is 9.75 Å². The molecular formula is C17H23NS. The minimum Gasteiger partial charge on any atom is -0.320 e. The van der Waals surface area contributed by atoms with Crippen LogP contribution in [0.3, 0.4) is 0 Å². The molecule has 2 aromatic rings. The van der Waals surface area contributed by atoms with Gasteiger partial charge >= 0.3 is 0 Å². The fourth-order valence-corrected chi connectivity index (χ4v) is 3.23. The molecule has 0 saturated heterocycles. The third-order valence-electron chi connectivity index (χ3n) is 3.32. The van der Waals surface area contributed by atoms with Gasteiger partial charge in [0.2, 0.25) is 0 Å². The van der Waals surface area contributed by atoms with Crippen LogP contribution in [-0.2, 0) is 12.8 Å². The minimum absolute atomic E-state index is 0.0124. The topological polar surface area (TPSA) is 26.0 Å². The Morgan fingerprint density at radius 2 is 1.74 bits per heavy atom. The van der Waals surface area contributed by atoms with E-state index < -0.39 is 0 Å². The van der Waals surface area contributed by atoms with Gasteiger partial charge in [-0.1, -0.05) is 45.0 Å². The number of rotatable bonds is 5. The number of thiophene rings is 1. The van der Waals surface area contributed by atoms with E-state index in [1.807, 2.05) is 11.3 Å². The molecule has 1 unspecified atom stereocenters. The molecule has 102 valence electrons. The highest BCUT2D eigenvalue weighted by molar-refractivity contribution is 7.12. The van der Waals surface area contributed by atoms with Crippen LogP contribution in [0.5, 0.6) is 0 Å². The maximum atomic E-state index is 6.35. The smallest absolute Gasteiger partial charge is 0.0646 e. The van der Waals surface area contributed by atoms with Crippen molar-refractivity contribution in [2.75, 3.05) is 0 Å². The molecule has 1 aromatic heterocycles. The first-order chi connectivity index (χ1) is 9.10. The average molecular weight is 273 g/mol. The van der Waals surface area contributed by atoms with Crippen molar-refractivity contribution in [1.29, 1.82) is 0 Å². The van der Waals surface area contributed by atoms with Crippen molar-refractivity contribution < 1.29 is 0 Å². The van der Waals surface area contributed by atoms with Gasteiger partial charge < -0.3 is 5.73 Å². The summed E-state index contributed by atoms with van der Waals surface area (Å²) in [5.74, 6) is 0.698. The van der Waals surface area contributed by atoms with Crippen molar-refractivity contribution >= 4 is 11.3 Å². The van der Waals surface area contributed by atoms with Crippen LogP contribution in [0.1, 0.15) is 47.7 Å². The van der Waals surface area contributed by atoms with Gasteiger partial charge in [-0.3, -0.25) is 0 Å². The van der Waals surface area contributed by atoms with E-state index in [1.54, 1.807) is 0 Å². The molecule has 0 amide bonds. The molecule has 19 heavy (non-hydrogen) atoms. The van der Waals surface area contributed by atoms with Crippen molar-refractivity contribution in [3.05, 3.63) is 57.3 Å². The Bertz CT molecular complexity index is 510. The highest BCUT2D eigenvalue weighted by atomic mass is 32.1. The van der Waals surface area contributed by atoms with Gasteiger partial charge in [0.05, 0.1) is 6.04 Å². The van der Waals surface area contributed by atoms with Gasteiger partial charge in [-0.2, -0.15) is 0 Å². The summed E-state index contributed by atoms with van der Waals surface area (Å²) in [6.45, 7) is 6.68. The molecule has 2 rings (SSSR count). The molecule has 0 saturated carbocycles. The number of benzene rings is 1. The first-order valence-electron chi connectivity index (χ1n) is 7.03. The molecule has 0 spiro atoms. The van der Waals surface area contributed by atoms with Gasteiger partial charge in [-0.05, 0) is 42.0 Å². The molecule has 0 aliphatic carbocycles. The van der Waals surface area contributed by atoms with E-state index in [0.29, 0.717) is 5.92 Å². The number of hydrogen-bond donors (Lipinski definition) is 1. The summed E-state index contributed by atoms with van der Waals surface area (Å²) in [5.41, 5.74) is 8.95. The largest absolute Gasteiger partial charge is 0.320 e. The lowest BCUT2D eigenvalue weighted by Crippen LogP contribution is -2.10.